The van der Waals surface area contributed by atoms with Gasteiger partial charge in [0, 0.05) is 36.4 Å². The van der Waals surface area contributed by atoms with Crippen molar-refractivity contribution in [1.29, 1.82) is 0 Å². The van der Waals surface area contributed by atoms with Gasteiger partial charge in [-0.1, -0.05) is 17.7 Å². The Morgan fingerprint density at radius 1 is 1.23 bits per heavy atom. The van der Waals surface area contributed by atoms with E-state index in [1.807, 2.05) is 12.1 Å². The number of benzene rings is 1. The molecule has 3 aromatic heterocycles. The van der Waals surface area contributed by atoms with E-state index in [4.69, 9.17) is 17.3 Å². The molecule has 10 heteroatoms. The molecular formula is C21H18ClN7O2. The van der Waals surface area contributed by atoms with Crippen LogP contribution in [0.25, 0.3) is 16.7 Å². The number of aromatic nitrogens is 5. The smallest absolute Gasteiger partial charge is 0.354 e. The van der Waals surface area contributed by atoms with Gasteiger partial charge in [-0.3, -0.25) is 14.3 Å². The van der Waals surface area contributed by atoms with Crippen LogP contribution in [0.2, 0.25) is 5.02 Å². The van der Waals surface area contributed by atoms with E-state index in [9.17, 15) is 9.59 Å². The van der Waals surface area contributed by atoms with Crippen LogP contribution in [0.3, 0.4) is 0 Å². The lowest BCUT2D eigenvalue weighted by atomic mass is 10.1. The minimum atomic E-state index is -0.565. The number of nitrogens with zero attached hydrogens (tertiary/aromatic N) is 5. The van der Waals surface area contributed by atoms with Gasteiger partial charge in [0.25, 0.3) is 0 Å². The number of pyridine rings is 1. The average molecular weight is 436 g/mol. The first-order valence-corrected chi connectivity index (χ1v) is 9.81. The van der Waals surface area contributed by atoms with Crippen molar-refractivity contribution in [2.45, 2.75) is 19.8 Å². The minimum absolute atomic E-state index is 0.0329. The number of hydrogen-bond donors (Lipinski definition) is 2. The molecule has 3 heterocycles. The molecular weight excluding hydrogens is 418 g/mol. The van der Waals surface area contributed by atoms with E-state index in [1.165, 1.54) is 10.8 Å². The maximum absolute atomic E-state index is 12.7. The Bertz CT molecular complexity index is 1340. The van der Waals surface area contributed by atoms with Crippen molar-refractivity contribution >= 4 is 40.2 Å². The highest BCUT2D eigenvalue weighted by Crippen LogP contribution is 2.26. The molecule has 0 saturated carbocycles. The predicted molar refractivity (Wildman–Crippen MR) is 118 cm³/mol. The number of aryl methyl sites for hydroxylation is 2. The van der Waals surface area contributed by atoms with Crippen molar-refractivity contribution in [1.82, 2.24) is 24.5 Å². The zero-order valence-corrected chi connectivity index (χ0v) is 17.3. The van der Waals surface area contributed by atoms with Gasteiger partial charge in [-0.15, -0.1) is 0 Å². The first-order valence-electron chi connectivity index (χ1n) is 9.43. The monoisotopic (exact) mass is 435 g/mol. The van der Waals surface area contributed by atoms with Crippen molar-refractivity contribution in [2.24, 2.45) is 0 Å². The number of nitrogen functional groups attached to an aromatic ring is 1. The van der Waals surface area contributed by atoms with Gasteiger partial charge < -0.3 is 11.1 Å². The molecule has 1 amide bonds. The molecule has 9 nitrogen and oxygen atoms in total. The number of rotatable bonds is 5. The first-order chi connectivity index (χ1) is 14.9. The van der Waals surface area contributed by atoms with Gasteiger partial charge in [-0.2, -0.15) is 9.97 Å². The van der Waals surface area contributed by atoms with Crippen LogP contribution < -0.4 is 16.7 Å². The summed E-state index contributed by atoms with van der Waals surface area (Å²) in [4.78, 5) is 41.1. The third-order valence-corrected chi connectivity index (χ3v) is 5.06. The fourth-order valence-electron chi connectivity index (χ4n) is 3.20. The molecule has 156 valence electrons. The molecule has 0 atom stereocenters. The van der Waals surface area contributed by atoms with Gasteiger partial charge in [0.2, 0.25) is 11.9 Å². The van der Waals surface area contributed by atoms with E-state index >= 15 is 0 Å². The van der Waals surface area contributed by atoms with Crippen molar-refractivity contribution in [3.63, 3.8) is 0 Å². The van der Waals surface area contributed by atoms with Crippen molar-refractivity contribution < 1.29 is 4.79 Å². The average Bonchev–Trinajstić information content (AvgIpc) is 2.75. The van der Waals surface area contributed by atoms with Gasteiger partial charge in [0.05, 0.1) is 16.1 Å². The second-order valence-electron chi connectivity index (χ2n) is 6.86. The van der Waals surface area contributed by atoms with Crippen molar-refractivity contribution in [3.8, 4) is 5.69 Å². The molecule has 31 heavy (non-hydrogen) atoms. The van der Waals surface area contributed by atoms with Crippen LogP contribution in [-0.4, -0.2) is 30.4 Å². The van der Waals surface area contributed by atoms with Gasteiger partial charge in [-0.25, -0.2) is 9.78 Å². The Hall–Kier alpha value is -3.85. The molecule has 1 aromatic carbocycles. The number of anilines is 2. The number of nitrogens with one attached hydrogen (secondary N) is 1. The number of nitrogens with two attached hydrogens (primary N) is 1. The molecule has 0 fully saturated rings. The molecule has 3 N–H and O–H groups in total. The summed E-state index contributed by atoms with van der Waals surface area (Å²) in [5, 5.41) is 3.73. The molecule has 0 bridgehead atoms. The standard InChI is InChI=1S/C21H18ClN7O2/c1-12-15-11-25-20(23)27-19(15)28-21(31)29(12)17-9-14(5-6-16(17)22)26-18(30)7-4-13-3-2-8-24-10-13/h2-3,5-6,8-11H,4,7H2,1H3,(H,26,30)(H2,23,27,28,31). The highest BCUT2D eigenvalue weighted by Gasteiger charge is 2.15. The summed E-state index contributed by atoms with van der Waals surface area (Å²) in [6.45, 7) is 1.74. The zero-order chi connectivity index (χ0) is 22.0. The SMILES string of the molecule is Cc1c2cnc(N)nc2nc(=O)n1-c1cc(NC(=O)CCc2cccnc2)ccc1Cl. The highest BCUT2D eigenvalue weighted by atomic mass is 35.5. The summed E-state index contributed by atoms with van der Waals surface area (Å²) < 4.78 is 1.36. The summed E-state index contributed by atoms with van der Waals surface area (Å²) in [6.07, 6.45) is 5.78. The number of fused-ring (bicyclic) bond motifs is 1. The van der Waals surface area contributed by atoms with Crippen LogP contribution >= 0.6 is 11.6 Å². The number of hydrogen-bond acceptors (Lipinski definition) is 7. The maximum atomic E-state index is 12.7. The summed E-state index contributed by atoms with van der Waals surface area (Å²) in [5.41, 5.74) is 7.66. The van der Waals surface area contributed by atoms with Crippen LogP contribution in [0, 0.1) is 6.92 Å². The van der Waals surface area contributed by atoms with Crippen LogP contribution in [-0.2, 0) is 11.2 Å². The van der Waals surface area contributed by atoms with Gasteiger partial charge >= 0.3 is 5.69 Å². The molecule has 4 rings (SSSR count). The fourth-order valence-corrected chi connectivity index (χ4v) is 3.41. The van der Waals surface area contributed by atoms with Crippen LogP contribution in [0.1, 0.15) is 17.7 Å². The van der Waals surface area contributed by atoms with Crippen LogP contribution in [0.5, 0.6) is 0 Å². The molecule has 0 aliphatic heterocycles. The Labute approximate surface area is 182 Å². The second-order valence-corrected chi connectivity index (χ2v) is 7.26. The third-order valence-electron chi connectivity index (χ3n) is 4.74. The normalized spacial score (nSPS) is 10.9. The molecule has 0 saturated heterocycles. The summed E-state index contributed by atoms with van der Waals surface area (Å²) in [6, 6.07) is 8.66. The molecule has 0 aliphatic carbocycles. The molecule has 0 spiro atoms. The van der Waals surface area contributed by atoms with E-state index in [0.29, 0.717) is 40.3 Å². The van der Waals surface area contributed by atoms with E-state index in [2.05, 4.69) is 25.3 Å². The van der Waals surface area contributed by atoms with Gasteiger partial charge in [-0.05, 0) is 43.2 Å². The van der Waals surface area contributed by atoms with Gasteiger partial charge in [0.1, 0.15) is 0 Å². The topological polar surface area (TPSA) is 129 Å². The quantitative estimate of drug-likeness (QED) is 0.493. The zero-order valence-electron chi connectivity index (χ0n) is 16.5. The third kappa shape index (κ3) is 4.36. The first kappa shape index (κ1) is 20.4. The predicted octanol–water partition coefficient (Wildman–Crippen LogP) is 2.69. The number of carbonyl (C=O) groups excluding carboxylic acids is 1. The van der Waals surface area contributed by atoms with E-state index < -0.39 is 5.69 Å². The largest absolute Gasteiger partial charge is 0.368 e. The highest BCUT2D eigenvalue weighted by molar-refractivity contribution is 6.32. The van der Waals surface area contributed by atoms with Crippen LogP contribution in [0.4, 0.5) is 11.6 Å². The van der Waals surface area contributed by atoms with Crippen LogP contribution in [0.15, 0.2) is 53.7 Å². The van der Waals surface area contributed by atoms with Gasteiger partial charge in [0.15, 0.2) is 5.65 Å². The van der Waals surface area contributed by atoms with E-state index in [1.54, 1.807) is 37.5 Å². The Morgan fingerprint density at radius 2 is 2.06 bits per heavy atom. The minimum Gasteiger partial charge on any atom is -0.368 e. The number of carbonyl (C=O) groups is 1. The Morgan fingerprint density at radius 3 is 2.84 bits per heavy atom. The maximum Gasteiger partial charge on any atom is 0.354 e. The lowest BCUT2D eigenvalue weighted by Crippen LogP contribution is -2.25. The number of amides is 1. The second kappa shape index (κ2) is 8.49. The lowest BCUT2D eigenvalue weighted by molar-refractivity contribution is -0.116. The van der Waals surface area contributed by atoms with Crippen molar-refractivity contribution in [3.05, 3.63) is 75.7 Å². The Kier molecular flexibility index (Phi) is 5.59. The summed E-state index contributed by atoms with van der Waals surface area (Å²) in [5.74, 6) is -0.132. The summed E-state index contributed by atoms with van der Waals surface area (Å²) >= 11 is 6.37. The Balaban J connectivity index is 1.63. The molecule has 0 radical (unpaired) electrons. The van der Waals surface area contributed by atoms with Crippen molar-refractivity contribution in [2.75, 3.05) is 11.1 Å². The molecule has 4 aromatic rings. The van der Waals surface area contributed by atoms with E-state index in [-0.39, 0.29) is 17.5 Å². The molecule has 0 aliphatic rings. The summed E-state index contributed by atoms with van der Waals surface area (Å²) in [7, 11) is 0. The number of halogens is 1. The lowest BCUT2D eigenvalue weighted by Gasteiger charge is -2.14. The molecule has 0 unspecified atom stereocenters. The fraction of sp³-hybridized carbons (Fsp3) is 0.143. The van der Waals surface area contributed by atoms with E-state index in [0.717, 1.165) is 5.56 Å².